The fourth-order valence-electron chi connectivity index (χ4n) is 1.38. The van der Waals surface area contributed by atoms with Gasteiger partial charge in [-0.15, -0.1) is 0 Å². The molecule has 1 rings (SSSR count). The van der Waals surface area contributed by atoms with Crippen LogP contribution in [0.25, 0.3) is 0 Å². The quantitative estimate of drug-likeness (QED) is 0.607. The van der Waals surface area contributed by atoms with Gasteiger partial charge in [-0.2, -0.15) is 0 Å². The first kappa shape index (κ1) is 13.3. The third-order valence-corrected chi connectivity index (χ3v) is 2.02. The summed E-state index contributed by atoms with van der Waals surface area (Å²) in [6.45, 7) is 14.6. The second-order valence-corrected chi connectivity index (χ2v) is 4.24. The molecular weight excluding hydrogens is 172 g/mol. The summed E-state index contributed by atoms with van der Waals surface area (Å²) in [6.07, 6.45) is 4.26. The van der Waals surface area contributed by atoms with Gasteiger partial charge < -0.3 is 4.74 Å². The Balaban J connectivity index is 0.000000791. The Morgan fingerprint density at radius 1 is 1.21 bits per heavy atom. The monoisotopic (exact) mass is 196 g/mol. The van der Waals surface area contributed by atoms with Gasteiger partial charge in [0.2, 0.25) is 0 Å². The SMILES string of the molecule is CC.CC1=C(C(C)C)OC(C)(C)C=C1. The van der Waals surface area contributed by atoms with Crippen molar-refractivity contribution in [1.82, 2.24) is 0 Å². The van der Waals surface area contributed by atoms with Gasteiger partial charge in [-0.1, -0.05) is 33.8 Å². The standard InChI is InChI=1S/C11H18O.C2H6/c1-8(2)10-9(3)6-7-11(4,5)12-10;1-2/h6-8H,1-5H3;1-2H3. The smallest absolute Gasteiger partial charge is 0.121 e. The third kappa shape index (κ3) is 3.57. The molecule has 0 saturated heterocycles. The fraction of sp³-hybridized carbons (Fsp3) is 0.692. The van der Waals surface area contributed by atoms with Gasteiger partial charge in [-0.25, -0.2) is 0 Å². The summed E-state index contributed by atoms with van der Waals surface area (Å²) in [4.78, 5) is 0. The number of rotatable bonds is 1. The molecule has 0 saturated carbocycles. The first-order valence-electron chi connectivity index (χ1n) is 5.51. The van der Waals surface area contributed by atoms with Crippen molar-refractivity contribution in [2.45, 2.75) is 54.1 Å². The molecule has 0 aromatic heterocycles. The summed E-state index contributed by atoms with van der Waals surface area (Å²) in [7, 11) is 0. The van der Waals surface area contributed by atoms with Crippen LogP contribution in [0.2, 0.25) is 0 Å². The molecule has 0 unspecified atom stereocenters. The molecule has 0 bridgehead atoms. The second kappa shape index (κ2) is 5.23. The zero-order valence-corrected chi connectivity index (χ0v) is 10.6. The van der Waals surface area contributed by atoms with E-state index in [-0.39, 0.29) is 5.60 Å². The minimum Gasteiger partial charge on any atom is -0.488 e. The number of hydrogen-bond donors (Lipinski definition) is 0. The van der Waals surface area contributed by atoms with Crippen LogP contribution in [0, 0.1) is 5.92 Å². The lowest BCUT2D eigenvalue weighted by Crippen LogP contribution is -2.25. The molecule has 0 atom stereocenters. The van der Waals surface area contributed by atoms with Gasteiger partial charge in [0.15, 0.2) is 0 Å². The maximum atomic E-state index is 5.84. The lowest BCUT2D eigenvalue weighted by molar-refractivity contribution is 0.0562. The summed E-state index contributed by atoms with van der Waals surface area (Å²) in [5.74, 6) is 1.61. The first-order valence-corrected chi connectivity index (χ1v) is 5.51. The molecule has 82 valence electrons. The maximum Gasteiger partial charge on any atom is 0.121 e. The second-order valence-electron chi connectivity index (χ2n) is 4.24. The molecule has 1 aliphatic heterocycles. The molecule has 1 aliphatic rings. The highest BCUT2D eigenvalue weighted by Crippen LogP contribution is 2.29. The van der Waals surface area contributed by atoms with Gasteiger partial charge >= 0.3 is 0 Å². The lowest BCUT2D eigenvalue weighted by atomic mass is 9.99. The van der Waals surface area contributed by atoms with Crippen molar-refractivity contribution in [2.75, 3.05) is 0 Å². The number of ether oxygens (including phenoxy) is 1. The predicted molar refractivity (Wildman–Crippen MR) is 63.2 cm³/mol. The Bertz CT molecular complexity index is 232. The van der Waals surface area contributed by atoms with Crippen LogP contribution in [0.15, 0.2) is 23.5 Å². The third-order valence-electron chi connectivity index (χ3n) is 2.02. The van der Waals surface area contributed by atoms with Crippen molar-refractivity contribution in [2.24, 2.45) is 5.92 Å². The molecule has 0 radical (unpaired) electrons. The van der Waals surface area contributed by atoms with Gasteiger partial charge in [0.05, 0.1) is 0 Å². The van der Waals surface area contributed by atoms with Crippen molar-refractivity contribution in [1.29, 1.82) is 0 Å². The van der Waals surface area contributed by atoms with E-state index < -0.39 is 0 Å². The number of hydrogen-bond acceptors (Lipinski definition) is 1. The molecule has 1 heterocycles. The van der Waals surface area contributed by atoms with Crippen molar-refractivity contribution in [3.8, 4) is 0 Å². The topological polar surface area (TPSA) is 9.23 Å². The molecule has 0 N–H and O–H groups in total. The first-order chi connectivity index (χ1) is 6.42. The summed E-state index contributed by atoms with van der Waals surface area (Å²) in [6, 6.07) is 0. The summed E-state index contributed by atoms with van der Waals surface area (Å²) in [5.41, 5.74) is 1.13. The van der Waals surface area contributed by atoms with Crippen molar-refractivity contribution in [3.63, 3.8) is 0 Å². The van der Waals surface area contributed by atoms with E-state index in [0.717, 1.165) is 5.76 Å². The van der Waals surface area contributed by atoms with Crippen LogP contribution in [-0.2, 0) is 4.74 Å². The van der Waals surface area contributed by atoms with Gasteiger partial charge in [-0.05, 0) is 32.4 Å². The zero-order valence-electron chi connectivity index (χ0n) is 10.6. The van der Waals surface area contributed by atoms with Crippen molar-refractivity contribution in [3.05, 3.63) is 23.5 Å². The van der Waals surface area contributed by atoms with Crippen LogP contribution in [0.3, 0.4) is 0 Å². The predicted octanol–water partition coefficient (Wildman–Crippen LogP) is 4.31. The highest BCUT2D eigenvalue weighted by atomic mass is 16.5. The van der Waals surface area contributed by atoms with Crippen LogP contribution in [-0.4, -0.2) is 5.60 Å². The molecule has 0 aliphatic carbocycles. The van der Waals surface area contributed by atoms with E-state index in [1.54, 1.807) is 0 Å². The highest BCUT2D eigenvalue weighted by molar-refractivity contribution is 5.27. The van der Waals surface area contributed by atoms with Gasteiger partial charge in [0, 0.05) is 5.92 Å². The van der Waals surface area contributed by atoms with Crippen molar-refractivity contribution >= 4 is 0 Å². The van der Waals surface area contributed by atoms with Crippen LogP contribution >= 0.6 is 0 Å². The van der Waals surface area contributed by atoms with E-state index in [0.29, 0.717) is 5.92 Å². The van der Waals surface area contributed by atoms with E-state index in [2.05, 4.69) is 46.8 Å². The Labute approximate surface area is 88.9 Å². The molecule has 0 amide bonds. The van der Waals surface area contributed by atoms with Crippen LogP contribution in [0.1, 0.15) is 48.5 Å². The van der Waals surface area contributed by atoms with Crippen molar-refractivity contribution < 1.29 is 4.74 Å². The van der Waals surface area contributed by atoms with Gasteiger partial charge in [0.1, 0.15) is 11.4 Å². The normalized spacial score (nSPS) is 18.9. The number of allylic oxidation sites excluding steroid dienone is 3. The van der Waals surface area contributed by atoms with E-state index in [4.69, 9.17) is 4.74 Å². The molecule has 0 aromatic rings. The van der Waals surface area contributed by atoms with E-state index in [9.17, 15) is 0 Å². The summed E-state index contributed by atoms with van der Waals surface area (Å²) >= 11 is 0. The maximum absolute atomic E-state index is 5.84. The lowest BCUT2D eigenvalue weighted by Gasteiger charge is -2.31. The Morgan fingerprint density at radius 3 is 2.07 bits per heavy atom. The van der Waals surface area contributed by atoms with E-state index in [1.165, 1.54) is 5.57 Å². The Hall–Kier alpha value is -0.720. The summed E-state index contributed by atoms with van der Waals surface area (Å²) < 4.78 is 5.84. The average molecular weight is 196 g/mol. The summed E-state index contributed by atoms with van der Waals surface area (Å²) in [5, 5.41) is 0. The minimum atomic E-state index is -0.126. The molecule has 0 fully saturated rings. The largest absolute Gasteiger partial charge is 0.488 e. The fourth-order valence-corrected chi connectivity index (χ4v) is 1.38. The molecule has 0 spiro atoms. The average Bonchev–Trinajstić information content (AvgIpc) is 2.12. The Kier molecular flexibility index (Phi) is 4.96. The van der Waals surface area contributed by atoms with Gasteiger partial charge in [-0.3, -0.25) is 0 Å². The highest BCUT2D eigenvalue weighted by Gasteiger charge is 2.23. The molecule has 14 heavy (non-hydrogen) atoms. The Morgan fingerprint density at radius 2 is 1.71 bits per heavy atom. The zero-order chi connectivity index (χ0) is 11.4. The van der Waals surface area contributed by atoms with Gasteiger partial charge in [0.25, 0.3) is 0 Å². The van der Waals surface area contributed by atoms with E-state index in [1.807, 2.05) is 13.8 Å². The minimum absolute atomic E-state index is 0.126. The van der Waals surface area contributed by atoms with E-state index >= 15 is 0 Å². The molecule has 1 heteroatoms. The molecule has 0 aromatic carbocycles. The van der Waals surface area contributed by atoms with Crippen LogP contribution in [0.5, 0.6) is 0 Å². The van der Waals surface area contributed by atoms with Crippen LogP contribution < -0.4 is 0 Å². The molecule has 1 nitrogen and oxygen atoms in total. The van der Waals surface area contributed by atoms with Crippen LogP contribution in [0.4, 0.5) is 0 Å². The molecular formula is C13H24O.